The van der Waals surface area contributed by atoms with E-state index in [0.29, 0.717) is 18.8 Å². The highest BCUT2D eigenvalue weighted by molar-refractivity contribution is 6.00. The molecule has 1 N–H and O–H groups in total. The van der Waals surface area contributed by atoms with Crippen molar-refractivity contribution in [1.29, 1.82) is 0 Å². The maximum absolute atomic E-state index is 12.6. The van der Waals surface area contributed by atoms with Gasteiger partial charge in [0, 0.05) is 33.1 Å². The summed E-state index contributed by atoms with van der Waals surface area (Å²) in [4.78, 5) is 27.9. The average Bonchev–Trinajstić information content (AvgIpc) is 2.47. The van der Waals surface area contributed by atoms with Crippen molar-refractivity contribution in [3.63, 3.8) is 0 Å². The van der Waals surface area contributed by atoms with Gasteiger partial charge in [-0.25, -0.2) is 0 Å². The van der Waals surface area contributed by atoms with Gasteiger partial charge in [0.15, 0.2) is 0 Å². The Morgan fingerprint density at radius 3 is 2.29 bits per heavy atom. The summed E-state index contributed by atoms with van der Waals surface area (Å²) in [6.07, 6.45) is 1.72. The summed E-state index contributed by atoms with van der Waals surface area (Å²) in [6.45, 7) is 4.48. The third-order valence-electron chi connectivity index (χ3n) is 3.44. The van der Waals surface area contributed by atoms with E-state index in [2.05, 4.69) is 10.2 Å². The zero-order chi connectivity index (χ0) is 15.2. The topological polar surface area (TPSA) is 52.7 Å². The second kappa shape index (κ2) is 7.04. The number of benzene rings is 1. The molecule has 0 saturated carbocycles. The number of likely N-dealkylation sites (N-methyl/N-ethyl adjacent to an activating group) is 1. The van der Waals surface area contributed by atoms with E-state index < -0.39 is 0 Å². The van der Waals surface area contributed by atoms with E-state index in [0.717, 1.165) is 18.7 Å². The maximum atomic E-state index is 12.6. The van der Waals surface area contributed by atoms with Crippen LogP contribution in [-0.2, 0) is 9.59 Å². The van der Waals surface area contributed by atoms with E-state index >= 15 is 0 Å². The monoisotopic (exact) mass is 287 g/mol. The fourth-order valence-electron chi connectivity index (χ4n) is 2.24. The van der Waals surface area contributed by atoms with Crippen LogP contribution in [0.25, 0.3) is 6.08 Å². The van der Waals surface area contributed by atoms with E-state index in [1.165, 1.54) is 6.92 Å². The summed E-state index contributed by atoms with van der Waals surface area (Å²) >= 11 is 0. The quantitative estimate of drug-likeness (QED) is 0.842. The number of hydrogen-bond donors (Lipinski definition) is 1. The number of nitrogens with one attached hydrogen (secondary N) is 1. The smallest absolute Gasteiger partial charge is 0.270 e. The lowest BCUT2D eigenvalue weighted by Gasteiger charge is -2.32. The maximum Gasteiger partial charge on any atom is 0.270 e. The first-order chi connectivity index (χ1) is 10.1. The van der Waals surface area contributed by atoms with Crippen LogP contribution in [0, 0.1) is 0 Å². The van der Waals surface area contributed by atoms with Crippen LogP contribution in [0.15, 0.2) is 36.0 Å². The minimum atomic E-state index is -0.236. The van der Waals surface area contributed by atoms with Gasteiger partial charge in [0.2, 0.25) is 5.91 Å². The summed E-state index contributed by atoms with van der Waals surface area (Å²) in [5.41, 5.74) is 1.22. The van der Waals surface area contributed by atoms with Crippen molar-refractivity contribution in [3.05, 3.63) is 41.6 Å². The first-order valence-electron chi connectivity index (χ1n) is 7.08. The predicted octanol–water partition coefficient (Wildman–Crippen LogP) is 0.938. The van der Waals surface area contributed by atoms with Crippen LogP contribution in [0.2, 0.25) is 0 Å². The Balaban J connectivity index is 2.17. The molecular weight excluding hydrogens is 266 g/mol. The van der Waals surface area contributed by atoms with Crippen molar-refractivity contribution >= 4 is 17.9 Å². The zero-order valence-electron chi connectivity index (χ0n) is 12.5. The SMILES string of the molecule is CC(=O)N/C(=C\c1ccccc1)C(=O)N1CCN(C)CC1. The lowest BCUT2D eigenvalue weighted by atomic mass is 10.1. The van der Waals surface area contributed by atoms with Gasteiger partial charge in [0.1, 0.15) is 5.70 Å². The molecule has 21 heavy (non-hydrogen) atoms. The van der Waals surface area contributed by atoms with Gasteiger partial charge in [-0.1, -0.05) is 30.3 Å². The minimum absolute atomic E-state index is 0.123. The minimum Gasteiger partial charge on any atom is -0.335 e. The van der Waals surface area contributed by atoms with Crippen LogP contribution >= 0.6 is 0 Å². The molecule has 1 fully saturated rings. The summed E-state index contributed by atoms with van der Waals surface area (Å²) < 4.78 is 0. The van der Waals surface area contributed by atoms with Gasteiger partial charge in [-0.2, -0.15) is 0 Å². The number of hydrogen-bond acceptors (Lipinski definition) is 3. The highest BCUT2D eigenvalue weighted by Gasteiger charge is 2.22. The molecule has 1 aliphatic rings. The Labute approximate surface area is 125 Å². The fourth-order valence-corrected chi connectivity index (χ4v) is 2.24. The predicted molar refractivity (Wildman–Crippen MR) is 82.3 cm³/mol. The molecule has 1 aromatic carbocycles. The van der Waals surface area contributed by atoms with Crippen LogP contribution in [0.4, 0.5) is 0 Å². The van der Waals surface area contributed by atoms with E-state index in [4.69, 9.17) is 0 Å². The molecule has 0 radical (unpaired) electrons. The fraction of sp³-hybridized carbons (Fsp3) is 0.375. The molecule has 0 aliphatic carbocycles. The molecular formula is C16H21N3O2. The summed E-state index contributed by atoms with van der Waals surface area (Å²) in [5, 5.41) is 2.65. The molecule has 2 rings (SSSR count). The Kier molecular flexibility index (Phi) is 5.11. The summed E-state index contributed by atoms with van der Waals surface area (Å²) in [6, 6.07) is 9.52. The average molecular weight is 287 g/mol. The first-order valence-corrected chi connectivity index (χ1v) is 7.08. The van der Waals surface area contributed by atoms with Gasteiger partial charge >= 0.3 is 0 Å². The molecule has 1 saturated heterocycles. The van der Waals surface area contributed by atoms with Crippen molar-refractivity contribution in [1.82, 2.24) is 15.1 Å². The van der Waals surface area contributed by atoms with Crippen molar-refractivity contribution in [2.24, 2.45) is 0 Å². The van der Waals surface area contributed by atoms with Crippen LogP contribution in [0.1, 0.15) is 12.5 Å². The van der Waals surface area contributed by atoms with Crippen LogP contribution in [0.5, 0.6) is 0 Å². The first kappa shape index (κ1) is 15.3. The number of nitrogens with zero attached hydrogens (tertiary/aromatic N) is 2. The zero-order valence-corrected chi connectivity index (χ0v) is 12.5. The van der Waals surface area contributed by atoms with Gasteiger partial charge in [0.05, 0.1) is 0 Å². The highest BCUT2D eigenvalue weighted by atomic mass is 16.2. The van der Waals surface area contributed by atoms with Crippen molar-refractivity contribution in [2.45, 2.75) is 6.92 Å². The Bertz CT molecular complexity index is 532. The molecule has 5 heteroatoms. The number of carbonyl (C=O) groups excluding carboxylic acids is 2. The Hall–Kier alpha value is -2.14. The molecule has 5 nitrogen and oxygen atoms in total. The number of carbonyl (C=O) groups is 2. The van der Waals surface area contributed by atoms with Gasteiger partial charge < -0.3 is 15.1 Å². The summed E-state index contributed by atoms with van der Waals surface area (Å²) in [5.74, 6) is -0.359. The number of amides is 2. The largest absolute Gasteiger partial charge is 0.335 e. The molecule has 0 atom stereocenters. The van der Waals surface area contributed by atoms with Gasteiger partial charge in [-0.3, -0.25) is 9.59 Å². The van der Waals surface area contributed by atoms with Gasteiger partial charge in [-0.15, -0.1) is 0 Å². The molecule has 0 spiro atoms. The van der Waals surface area contributed by atoms with Crippen LogP contribution < -0.4 is 5.32 Å². The lowest BCUT2D eigenvalue weighted by Crippen LogP contribution is -2.49. The third-order valence-corrected chi connectivity index (χ3v) is 3.44. The third kappa shape index (κ3) is 4.43. The second-order valence-corrected chi connectivity index (χ2v) is 5.25. The summed E-state index contributed by atoms with van der Waals surface area (Å²) in [7, 11) is 2.04. The van der Waals surface area contributed by atoms with E-state index in [9.17, 15) is 9.59 Å². The van der Waals surface area contributed by atoms with Crippen molar-refractivity contribution in [3.8, 4) is 0 Å². The molecule has 2 amide bonds. The molecule has 0 unspecified atom stereocenters. The van der Waals surface area contributed by atoms with E-state index in [1.54, 1.807) is 11.0 Å². The lowest BCUT2D eigenvalue weighted by molar-refractivity contribution is -0.130. The molecule has 0 bridgehead atoms. The van der Waals surface area contributed by atoms with E-state index in [1.807, 2.05) is 37.4 Å². The highest BCUT2D eigenvalue weighted by Crippen LogP contribution is 2.09. The van der Waals surface area contributed by atoms with Crippen molar-refractivity contribution in [2.75, 3.05) is 33.2 Å². The molecule has 1 heterocycles. The Morgan fingerprint density at radius 1 is 1.10 bits per heavy atom. The van der Waals surface area contributed by atoms with Crippen LogP contribution in [0.3, 0.4) is 0 Å². The molecule has 1 aliphatic heterocycles. The number of piperazine rings is 1. The van der Waals surface area contributed by atoms with Gasteiger partial charge in [-0.05, 0) is 18.7 Å². The van der Waals surface area contributed by atoms with Crippen LogP contribution in [-0.4, -0.2) is 54.8 Å². The normalized spacial score (nSPS) is 16.7. The standard InChI is InChI=1S/C16H21N3O2/c1-13(20)17-15(12-14-6-4-3-5-7-14)16(21)19-10-8-18(2)9-11-19/h3-7,12H,8-11H2,1-2H3,(H,17,20)/b15-12-. The molecule has 1 aromatic rings. The van der Waals surface area contributed by atoms with Gasteiger partial charge in [0.25, 0.3) is 5.91 Å². The second-order valence-electron chi connectivity index (χ2n) is 5.25. The number of rotatable bonds is 3. The Morgan fingerprint density at radius 2 is 1.71 bits per heavy atom. The van der Waals surface area contributed by atoms with Crippen molar-refractivity contribution < 1.29 is 9.59 Å². The van der Waals surface area contributed by atoms with E-state index in [-0.39, 0.29) is 11.8 Å². The molecule has 112 valence electrons. The molecule has 0 aromatic heterocycles.